The lowest BCUT2D eigenvalue weighted by molar-refractivity contribution is -0.145. The third-order valence-corrected chi connectivity index (χ3v) is 2.56. The van der Waals surface area contributed by atoms with Gasteiger partial charge >= 0.3 is 5.97 Å². The second-order valence-electron chi connectivity index (χ2n) is 4.27. The number of carbonyl (C=O) groups is 1. The molecule has 0 amide bonds. The first-order chi connectivity index (χ1) is 10.0. The van der Waals surface area contributed by atoms with Crippen LogP contribution in [-0.2, 0) is 14.3 Å². The number of phenolic OH excluding ortho intramolecular Hbond substituents is 1. The molecule has 21 heavy (non-hydrogen) atoms. The van der Waals surface area contributed by atoms with E-state index in [1.165, 1.54) is 32.4 Å². The van der Waals surface area contributed by atoms with Gasteiger partial charge in [0.1, 0.15) is 17.7 Å². The van der Waals surface area contributed by atoms with Gasteiger partial charge in [0, 0.05) is 7.11 Å². The summed E-state index contributed by atoms with van der Waals surface area (Å²) in [6, 6.07) is 6.28. The quantitative estimate of drug-likeness (QED) is 0.489. The van der Waals surface area contributed by atoms with Gasteiger partial charge in [0.05, 0.1) is 13.7 Å². The number of carbonyl (C=O) groups excluding carboxylic acids is 1. The number of hydrogen-bond donors (Lipinski definition) is 1. The third kappa shape index (κ3) is 4.82. The molecule has 0 aliphatic carbocycles. The minimum Gasteiger partial charge on any atom is -0.504 e. The van der Waals surface area contributed by atoms with E-state index in [-0.39, 0.29) is 23.7 Å². The Morgan fingerprint density at radius 1 is 1.48 bits per heavy atom. The van der Waals surface area contributed by atoms with Crippen molar-refractivity contribution < 1.29 is 24.1 Å². The SMILES string of the molecule is COC[C@@H](C)OC(=O)/C(C#N)=C/c1ccc(O)c(OC)c1. The van der Waals surface area contributed by atoms with Gasteiger partial charge < -0.3 is 19.3 Å². The number of aromatic hydroxyl groups is 1. The largest absolute Gasteiger partial charge is 0.504 e. The molecule has 0 saturated carbocycles. The van der Waals surface area contributed by atoms with Crippen LogP contribution in [0.25, 0.3) is 6.08 Å². The molecule has 6 nitrogen and oxygen atoms in total. The van der Waals surface area contributed by atoms with Gasteiger partial charge in [-0.25, -0.2) is 4.79 Å². The number of nitriles is 1. The van der Waals surface area contributed by atoms with Crippen LogP contribution < -0.4 is 4.74 Å². The van der Waals surface area contributed by atoms with Gasteiger partial charge in [-0.3, -0.25) is 0 Å². The maximum atomic E-state index is 11.8. The zero-order valence-corrected chi connectivity index (χ0v) is 12.1. The second kappa shape index (κ2) is 7.92. The lowest BCUT2D eigenvalue weighted by atomic mass is 10.1. The van der Waals surface area contributed by atoms with Crippen molar-refractivity contribution in [3.8, 4) is 17.6 Å². The first-order valence-electron chi connectivity index (χ1n) is 6.20. The van der Waals surface area contributed by atoms with Crippen molar-refractivity contribution in [1.29, 1.82) is 5.26 Å². The van der Waals surface area contributed by atoms with Crippen molar-refractivity contribution in [3.63, 3.8) is 0 Å². The summed E-state index contributed by atoms with van der Waals surface area (Å²) in [4.78, 5) is 11.8. The third-order valence-electron chi connectivity index (χ3n) is 2.56. The molecular weight excluding hydrogens is 274 g/mol. The van der Waals surface area contributed by atoms with Crippen LogP contribution in [0, 0.1) is 11.3 Å². The van der Waals surface area contributed by atoms with Crippen LogP contribution in [0.15, 0.2) is 23.8 Å². The maximum absolute atomic E-state index is 11.8. The highest BCUT2D eigenvalue weighted by Crippen LogP contribution is 2.27. The predicted octanol–water partition coefficient (Wildman–Crippen LogP) is 1.89. The number of ether oxygens (including phenoxy) is 3. The molecule has 0 bridgehead atoms. The molecular formula is C15H17NO5. The highest BCUT2D eigenvalue weighted by Gasteiger charge is 2.15. The lowest BCUT2D eigenvalue weighted by Crippen LogP contribution is -2.20. The van der Waals surface area contributed by atoms with E-state index in [4.69, 9.17) is 19.5 Å². The van der Waals surface area contributed by atoms with Crippen LogP contribution >= 0.6 is 0 Å². The Kier molecular flexibility index (Phi) is 6.24. The molecule has 0 aromatic heterocycles. The Labute approximate surface area is 123 Å². The smallest absolute Gasteiger partial charge is 0.349 e. The van der Waals surface area contributed by atoms with Crippen molar-refractivity contribution in [2.45, 2.75) is 13.0 Å². The van der Waals surface area contributed by atoms with Gasteiger partial charge in [-0.1, -0.05) is 6.07 Å². The summed E-state index contributed by atoms with van der Waals surface area (Å²) in [6.07, 6.45) is 0.915. The van der Waals surface area contributed by atoms with Crippen molar-refractivity contribution in [1.82, 2.24) is 0 Å². The molecule has 1 rings (SSSR count). The van der Waals surface area contributed by atoms with Crippen molar-refractivity contribution >= 4 is 12.0 Å². The minimum absolute atomic E-state index is 0.0237. The Morgan fingerprint density at radius 2 is 2.19 bits per heavy atom. The molecule has 0 heterocycles. The molecule has 0 radical (unpaired) electrons. The topological polar surface area (TPSA) is 88.8 Å². The fourth-order valence-electron chi connectivity index (χ4n) is 1.60. The Bertz CT molecular complexity index is 574. The minimum atomic E-state index is -0.728. The molecule has 6 heteroatoms. The Hall–Kier alpha value is -2.52. The first kappa shape index (κ1) is 16.5. The second-order valence-corrected chi connectivity index (χ2v) is 4.27. The van der Waals surface area contributed by atoms with Gasteiger partial charge in [-0.2, -0.15) is 5.26 Å². The standard InChI is InChI=1S/C15H17NO5/c1-10(9-19-2)21-15(18)12(8-16)6-11-4-5-13(17)14(7-11)20-3/h4-7,10,17H,9H2,1-3H3/b12-6+/t10-/m1/s1. The van der Waals surface area contributed by atoms with Crippen molar-refractivity contribution in [3.05, 3.63) is 29.3 Å². The van der Waals surface area contributed by atoms with E-state index >= 15 is 0 Å². The molecule has 0 spiro atoms. The average Bonchev–Trinajstić information content (AvgIpc) is 2.46. The molecule has 1 atom stereocenters. The zero-order valence-electron chi connectivity index (χ0n) is 12.1. The number of hydrogen-bond acceptors (Lipinski definition) is 6. The molecule has 0 fully saturated rings. The summed E-state index contributed by atoms with van der Waals surface area (Å²) in [6.45, 7) is 1.91. The Morgan fingerprint density at radius 3 is 2.76 bits per heavy atom. The molecule has 1 aromatic rings. The van der Waals surface area contributed by atoms with Gasteiger partial charge in [0.15, 0.2) is 11.5 Å². The van der Waals surface area contributed by atoms with Gasteiger partial charge in [0.25, 0.3) is 0 Å². The van der Waals surface area contributed by atoms with Crippen LogP contribution in [-0.4, -0.2) is 38.0 Å². The molecule has 112 valence electrons. The predicted molar refractivity (Wildman–Crippen MR) is 75.7 cm³/mol. The first-order valence-corrected chi connectivity index (χ1v) is 6.20. The molecule has 1 aromatic carbocycles. The molecule has 0 aliphatic heterocycles. The van der Waals surface area contributed by atoms with Gasteiger partial charge in [-0.05, 0) is 30.7 Å². The van der Waals surface area contributed by atoms with E-state index in [2.05, 4.69) is 0 Å². The Balaban J connectivity index is 2.94. The van der Waals surface area contributed by atoms with Gasteiger partial charge in [0.2, 0.25) is 0 Å². The van der Waals surface area contributed by atoms with E-state index in [1.54, 1.807) is 19.1 Å². The van der Waals surface area contributed by atoms with Crippen LogP contribution in [0.1, 0.15) is 12.5 Å². The molecule has 0 aliphatic rings. The summed E-state index contributed by atoms with van der Waals surface area (Å²) in [5.41, 5.74) is 0.392. The monoisotopic (exact) mass is 291 g/mol. The van der Waals surface area contributed by atoms with E-state index < -0.39 is 12.1 Å². The number of methoxy groups -OCH3 is 2. The number of phenols is 1. The summed E-state index contributed by atoms with van der Waals surface area (Å²) < 4.78 is 14.9. The van der Waals surface area contributed by atoms with Gasteiger partial charge in [-0.15, -0.1) is 0 Å². The maximum Gasteiger partial charge on any atom is 0.349 e. The lowest BCUT2D eigenvalue weighted by Gasteiger charge is -2.11. The van der Waals surface area contributed by atoms with Crippen molar-refractivity contribution in [2.75, 3.05) is 20.8 Å². The zero-order chi connectivity index (χ0) is 15.8. The van der Waals surface area contributed by atoms with E-state index in [1.807, 2.05) is 0 Å². The van der Waals surface area contributed by atoms with Crippen LogP contribution in [0.5, 0.6) is 11.5 Å². The van der Waals surface area contributed by atoms with E-state index in [0.717, 1.165) is 0 Å². The fourth-order valence-corrected chi connectivity index (χ4v) is 1.60. The average molecular weight is 291 g/mol. The van der Waals surface area contributed by atoms with E-state index in [9.17, 15) is 9.90 Å². The summed E-state index contributed by atoms with van der Waals surface area (Å²) >= 11 is 0. The normalized spacial score (nSPS) is 12.4. The summed E-state index contributed by atoms with van der Waals surface area (Å²) in [7, 11) is 2.91. The number of nitrogens with zero attached hydrogens (tertiary/aromatic N) is 1. The van der Waals surface area contributed by atoms with Crippen LogP contribution in [0.2, 0.25) is 0 Å². The molecule has 1 N–H and O–H groups in total. The molecule has 0 saturated heterocycles. The summed E-state index contributed by atoms with van der Waals surface area (Å²) in [5, 5.41) is 18.5. The number of rotatable bonds is 6. The van der Waals surface area contributed by atoms with Crippen LogP contribution in [0.4, 0.5) is 0 Å². The number of esters is 1. The fraction of sp³-hybridized carbons (Fsp3) is 0.333. The highest BCUT2D eigenvalue weighted by atomic mass is 16.6. The van der Waals surface area contributed by atoms with Crippen molar-refractivity contribution in [2.24, 2.45) is 0 Å². The van der Waals surface area contributed by atoms with E-state index in [0.29, 0.717) is 5.56 Å². The molecule has 0 unspecified atom stereocenters. The summed E-state index contributed by atoms with van der Waals surface area (Å²) in [5.74, 6) is -0.499. The highest BCUT2D eigenvalue weighted by molar-refractivity contribution is 5.98. The number of benzene rings is 1. The van der Waals surface area contributed by atoms with Crippen LogP contribution in [0.3, 0.4) is 0 Å².